The van der Waals surface area contributed by atoms with Gasteiger partial charge in [0.05, 0.1) is 0 Å². The molecule has 1 aromatic heterocycles. The van der Waals surface area contributed by atoms with Crippen molar-refractivity contribution in [3.63, 3.8) is 0 Å². The standard InChI is InChI=1S/C12H20N4O4S/c1-11(2)8(13)12(3,4)9(11)16-21(19,20)6-5-14-10(18)15-7(6)17/h5,8-9,16H,13H2,1-4H3,(H2,14,15,17,18). The van der Waals surface area contributed by atoms with E-state index in [1.165, 1.54) is 0 Å². The summed E-state index contributed by atoms with van der Waals surface area (Å²) in [6.45, 7) is 7.47. The second-order valence-electron chi connectivity index (χ2n) is 6.61. The molecular weight excluding hydrogens is 296 g/mol. The molecule has 0 aliphatic heterocycles. The predicted octanol–water partition coefficient (Wildman–Crippen LogP) is -0.897. The van der Waals surface area contributed by atoms with E-state index >= 15 is 0 Å². The minimum atomic E-state index is -4.05. The molecule has 1 fully saturated rings. The number of aromatic nitrogens is 2. The van der Waals surface area contributed by atoms with Crippen LogP contribution >= 0.6 is 0 Å². The average Bonchev–Trinajstić information content (AvgIpc) is 2.34. The van der Waals surface area contributed by atoms with Gasteiger partial charge in [-0.1, -0.05) is 27.7 Å². The lowest BCUT2D eigenvalue weighted by Crippen LogP contribution is -2.76. The summed E-state index contributed by atoms with van der Waals surface area (Å²) in [5.41, 5.74) is 3.49. The molecule has 0 aromatic carbocycles. The second kappa shape index (κ2) is 4.52. The first-order valence-corrected chi connectivity index (χ1v) is 7.99. The third kappa shape index (κ3) is 2.34. The van der Waals surface area contributed by atoms with Gasteiger partial charge in [0.25, 0.3) is 5.56 Å². The smallest absolute Gasteiger partial charge is 0.325 e. The Morgan fingerprint density at radius 1 is 1.19 bits per heavy atom. The van der Waals surface area contributed by atoms with Crippen LogP contribution in [-0.2, 0) is 10.0 Å². The molecule has 0 unspecified atom stereocenters. The summed E-state index contributed by atoms with van der Waals surface area (Å²) in [6, 6.07) is -0.595. The zero-order valence-corrected chi connectivity index (χ0v) is 13.2. The van der Waals surface area contributed by atoms with Gasteiger partial charge in [-0.15, -0.1) is 0 Å². The molecule has 118 valence electrons. The van der Waals surface area contributed by atoms with Gasteiger partial charge in [0.15, 0.2) is 4.90 Å². The zero-order valence-electron chi connectivity index (χ0n) is 12.4. The Morgan fingerprint density at radius 2 is 1.71 bits per heavy atom. The van der Waals surface area contributed by atoms with Gasteiger partial charge in [0.1, 0.15) is 0 Å². The molecule has 21 heavy (non-hydrogen) atoms. The molecule has 0 saturated heterocycles. The van der Waals surface area contributed by atoms with Crippen LogP contribution in [0.4, 0.5) is 0 Å². The highest BCUT2D eigenvalue weighted by atomic mass is 32.2. The third-order valence-corrected chi connectivity index (χ3v) is 5.87. The lowest BCUT2D eigenvalue weighted by atomic mass is 9.49. The van der Waals surface area contributed by atoms with E-state index in [0.29, 0.717) is 0 Å². The molecule has 0 atom stereocenters. The molecule has 9 heteroatoms. The maximum atomic E-state index is 12.4. The van der Waals surface area contributed by atoms with Crippen LogP contribution in [0, 0.1) is 10.8 Å². The Bertz CT molecular complexity index is 759. The van der Waals surface area contributed by atoms with E-state index in [-0.39, 0.29) is 6.04 Å². The van der Waals surface area contributed by atoms with Crippen molar-refractivity contribution in [2.24, 2.45) is 16.6 Å². The van der Waals surface area contributed by atoms with Crippen molar-refractivity contribution in [2.45, 2.75) is 44.7 Å². The van der Waals surface area contributed by atoms with Gasteiger partial charge in [0.2, 0.25) is 10.0 Å². The minimum Gasteiger partial charge on any atom is -0.327 e. The number of nitrogens with two attached hydrogens (primary N) is 1. The number of H-pyrrole nitrogens is 2. The van der Waals surface area contributed by atoms with Crippen molar-refractivity contribution < 1.29 is 8.42 Å². The summed E-state index contributed by atoms with van der Waals surface area (Å²) in [4.78, 5) is 26.1. The minimum absolute atomic E-state index is 0.174. The van der Waals surface area contributed by atoms with Gasteiger partial charge in [0, 0.05) is 18.3 Å². The summed E-state index contributed by atoms with van der Waals surface area (Å²) in [5.74, 6) is 0. The van der Waals surface area contributed by atoms with Gasteiger partial charge in [-0.3, -0.25) is 9.78 Å². The molecule has 1 saturated carbocycles. The normalized spacial score (nSPS) is 27.1. The summed E-state index contributed by atoms with van der Waals surface area (Å²) in [7, 11) is -4.05. The molecule has 2 rings (SSSR count). The SMILES string of the molecule is CC1(C)C(N)C(C)(C)C1NS(=O)(=O)c1c[nH]c(=O)[nH]c1=O. The van der Waals surface area contributed by atoms with Crippen LogP contribution in [0.15, 0.2) is 20.7 Å². The number of hydrogen-bond donors (Lipinski definition) is 4. The lowest BCUT2D eigenvalue weighted by Gasteiger charge is -2.62. The highest BCUT2D eigenvalue weighted by Crippen LogP contribution is 2.52. The Morgan fingerprint density at radius 3 is 2.19 bits per heavy atom. The molecule has 0 spiro atoms. The monoisotopic (exact) mass is 316 g/mol. The maximum absolute atomic E-state index is 12.4. The van der Waals surface area contributed by atoms with Crippen LogP contribution in [0.2, 0.25) is 0 Å². The van der Waals surface area contributed by atoms with Crippen LogP contribution < -0.4 is 21.7 Å². The van der Waals surface area contributed by atoms with Crippen LogP contribution in [-0.4, -0.2) is 30.5 Å². The van der Waals surface area contributed by atoms with Gasteiger partial charge in [-0.05, 0) is 10.8 Å². The topological polar surface area (TPSA) is 138 Å². The molecule has 0 amide bonds. The Balaban J connectivity index is 2.39. The van der Waals surface area contributed by atoms with E-state index < -0.39 is 43.0 Å². The summed E-state index contributed by atoms with van der Waals surface area (Å²) < 4.78 is 27.2. The fraction of sp³-hybridized carbons (Fsp3) is 0.667. The van der Waals surface area contributed by atoms with Crippen molar-refractivity contribution in [2.75, 3.05) is 0 Å². The molecule has 8 nitrogen and oxygen atoms in total. The molecule has 1 aliphatic rings. The van der Waals surface area contributed by atoms with Crippen molar-refractivity contribution in [1.82, 2.24) is 14.7 Å². The number of sulfonamides is 1. The predicted molar refractivity (Wildman–Crippen MR) is 77.3 cm³/mol. The van der Waals surface area contributed by atoms with Gasteiger partial charge < -0.3 is 10.7 Å². The van der Waals surface area contributed by atoms with Crippen LogP contribution in [0.1, 0.15) is 27.7 Å². The first kappa shape index (κ1) is 15.9. The number of nitrogens with one attached hydrogen (secondary N) is 3. The Hall–Kier alpha value is -1.45. The quantitative estimate of drug-likeness (QED) is 0.573. The van der Waals surface area contributed by atoms with E-state index in [4.69, 9.17) is 5.73 Å². The van der Waals surface area contributed by atoms with Gasteiger partial charge >= 0.3 is 5.69 Å². The molecule has 1 aromatic rings. The van der Waals surface area contributed by atoms with Crippen LogP contribution in [0.3, 0.4) is 0 Å². The lowest BCUT2D eigenvalue weighted by molar-refractivity contribution is -0.0593. The van der Waals surface area contributed by atoms with E-state index in [9.17, 15) is 18.0 Å². The third-order valence-electron chi connectivity index (χ3n) is 4.44. The van der Waals surface area contributed by atoms with Crippen molar-refractivity contribution in [1.29, 1.82) is 0 Å². The fourth-order valence-corrected chi connectivity index (χ4v) is 4.85. The molecule has 0 bridgehead atoms. The van der Waals surface area contributed by atoms with Gasteiger partial charge in [-0.2, -0.15) is 0 Å². The van der Waals surface area contributed by atoms with Crippen molar-refractivity contribution >= 4 is 10.0 Å². The largest absolute Gasteiger partial charge is 0.327 e. The number of hydrogen-bond acceptors (Lipinski definition) is 5. The molecule has 5 N–H and O–H groups in total. The van der Waals surface area contributed by atoms with Crippen molar-refractivity contribution in [3.8, 4) is 0 Å². The van der Waals surface area contributed by atoms with Crippen LogP contribution in [0.25, 0.3) is 0 Å². The summed E-state index contributed by atoms with van der Waals surface area (Å²) >= 11 is 0. The molecular formula is C12H20N4O4S. The maximum Gasteiger partial charge on any atom is 0.325 e. The Kier molecular flexibility index (Phi) is 3.43. The second-order valence-corrected chi connectivity index (χ2v) is 8.29. The fourth-order valence-electron chi connectivity index (χ4n) is 3.30. The van der Waals surface area contributed by atoms with Crippen LogP contribution in [0.5, 0.6) is 0 Å². The van der Waals surface area contributed by atoms with E-state index in [0.717, 1.165) is 6.20 Å². The molecule has 1 aliphatic carbocycles. The van der Waals surface area contributed by atoms with E-state index in [1.54, 1.807) is 0 Å². The molecule has 0 radical (unpaired) electrons. The highest BCUT2D eigenvalue weighted by molar-refractivity contribution is 7.89. The van der Waals surface area contributed by atoms with Crippen molar-refractivity contribution in [3.05, 3.63) is 27.0 Å². The highest BCUT2D eigenvalue weighted by Gasteiger charge is 2.61. The molecule has 1 heterocycles. The first-order chi connectivity index (χ1) is 9.40. The van der Waals surface area contributed by atoms with E-state index in [2.05, 4.69) is 9.71 Å². The van der Waals surface area contributed by atoms with Gasteiger partial charge in [-0.25, -0.2) is 17.9 Å². The number of rotatable bonds is 3. The zero-order chi connectivity index (χ0) is 16.2. The summed E-state index contributed by atoms with van der Waals surface area (Å²) in [6.07, 6.45) is 0.891. The Labute approximate surface area is 122 Å². The first-order valence-electron chi connectivity index (χ1n) is 6.50. The van der Waals surface area contributed by atoms with E-state index in [1.807, 2.05) is 32.7 Å². The summed E-state index contributed by atoms with van der Waals surface area (Å²) in [5, 5.41) is 0. The number of aromatic amines is 2. The average molecular weight is 316 g/mol.